The third-order valence-corrected chi connectivity index (χ3v) is 5.27. The molecule has 2 aromatic carbocycles. The molecule has 0 spiro atoms. The zero-order chi connectivity index (χ0) is 19.7. The van der Waals surface area contributed by atoms with Crippen molar-refractivity contribution in [2.75, 3.05) is 12.0 Å². The van der Waals surface area contributed by atoms with Crippen LogP contribution in [0.1, 0.15) is 5.56 Å². The van der Waals surface area contributed by atoms with E-state index in [4.69, 9.17) is 28.6 Å². The summed E-state index contributed by atoms with van der Waals surface area (Å²) in [6.07, 6.45) is 1.58. The molecule has 1 heterocycles. The molecule has 0 aliphatic carbocycles. The van der Waals surface area contributed by atoms with E-state index < -0.39 is 4.92 Å². The van der Waals surface area contributed by atoms with Crippen molar-refractivity contribution in [2.24, 2.45) is 0 Å². The maximum atomic E-state index is 12.7. The Balaban J connectivity index is 1.93. The number of ether oxygens (including phenoxy) is 1. The molecule has 0 unspecified atom stereocenters. The number of nitro groups is 1. The Hall–Kier alpha value is -2.62. The minimum atomic E-state index is -0.518. The van der Waals surface area contributed by atoms with Crippen LogP contribution in [0, 0.1) is 10.1 Å². The number of carbonyl (C=O) groups excluding carboxylic acids is 1. The highest BCUT2D eigenvalue weighted by Crippen LogP contribution is 2.39. The number of benzene rings is 2. The number of carbonyl (C=O) groups is 1. The highest BCUT2D eigenvalue weighted by atomic mass is 35.5. The molecule has 0 atom stereocenters. The molecule has 1 aliphatic rings. The zero-order valence-corrected chi connectivity index (χ0v) is 16.1. The van der Waals surface area contributed by atoms with Crippen LogP contribution in [0.25, 0.3) is 6.08 Å². The molecular weight excluding hydrogens is 412 g/mol. The van der Waals surface area contributed by atoms with E-state index in [0.29, 0.717) is 20.5 Å². The van der Waals surface area contributed by atoms with Crippen LogP contribution in [-0.4, -0.2) is 27.4 Å². The molecule has 27 heavy (non-hydrogen) atoms. The van der Waals surface area contributed by atoms with E-state index in [1.165, 1.54) is 42.3 Å². The van der Waals surface area contributed by atoms with E-state index in [0.717, 1.165) is 11.8 Å². The first kappa shape index (κ1) is 19.2. The average molecular weight is 423 g/mol. The minimum absolute atomic E-state index is 0.0782. The van der Waals surface area contributed by atoms with E-state index in [1.807, 2.05) is 0 Å². The SMILES string of the molecule is COc1cc(/C=C2\SC(=S)N(c3ccc([N+](=O)[O-])cc3)C2=O)cc(Cl)c1O. The molecule has 0 saturated carbocycles. The molecule has 0 radical (unpaired) electrons. The lowest BCUT2D eigenvalue weighted by atomic mass is 10.1. The lowest BCUT2D eigenvalue weighted by Crippen LogP contribution is -2.27. The van der Waals surface area contributed by atoms with Gasteiger partial charge in [-0.2, -0.15) is 0 Å². The second-order valence-corrected chi connectivity index (χ2v) is 7.43. The van der Waals surface area contributed by atoms with Crippen molar-refractivity contribution in [1.29, 1.82) is 0 Å². The van der Waals surface area contributed by atoms with Gasteiger partial charge in [-0.05, 0) is 35.9 Å². The standard InChI is InChI=1S/C17H11ClN2O5S2/c1-25-13-7-9(6-12(18)15(13)21)8-14-16(22)19(17(26)27-14)10-2-4-11(5-3-10)20(23)24/h2-8,21H,1H3/b14-8-. The average Bonchev–Trinajstić information content (AvgIpc) is 2.91. The second kappa shape index (κ2) is 7.55. The van der Waals surface area contributed by atoms with Crippen LogP contribution in [0.2, 0.25) is 5.02 Å². The highest BCUT2D eigenvalue weighted by molar-refractivity contribution is 8.27. The predicted octanol–water partition coefficient (Wildman–Crippen LogP) is 4.37. The Morgan fingerprint density at radius 2 is 2.00 bits per heavy atom. The molecule has 1 fully saturated rings. The largest absolute Gasteiger partial charge is 0.503 e. The molecule has 1 saturated heterocycles. The van der Waals surface area contributed by atoms with Crippen LogP contribution < -0.4 is 9.64 Å². The van der Waals surface area contributed by atoms with E-state index in [9.17, 15) is 20.0 Å². The Labute approximate surface area is 168 Å². The molecule has 7 nitrogen and oxygen atoms in total. The van der Waals surface area contributed by atoms with E-state index in [2.05, 4.69) is 0 Å². The first-order valence-electron chi connectivity index (χ1n) is 7.40. The Morgan fingerprint density at radius 3 is 2.59 bits per heavy atom. The molecule has 138 valence electrons. The van der Waals surface area contributed by atoms with E-state index >= 15 is 0 Å². The van der Waals surface area contributed by atoms with Gasteiger partial charge in [0, 0.05) is 12.1 Å². The fraction of sp³-hybridized carbons (Fsp3) is 0.0588. The smallest absolute Gasteiger partial charge is 0.270 e. The highest BCUT2D eigenvalue weighted by Gasteiger charge is 2.33. The Kier molecular flexibility index (Phi) is 5.36. The number of thiocarbonyl (C=S) groups is 1. The van der Waals surface area contributed by atoms with Gasteiger partial charge in [-0.3, -0.25) is 19.8 Å². The minimum Gasteiger partial charge on any atom is -0.503 e. The fourth-order valence-corrected chi connectivity index (χ4v) is 3.92. The van der Waals surface area contributed by atoms with Crippen molar-refractivity contribution < 1.29 is 19.6 Å². The quantitative estimate of drug-likeness (QED) is 0.338. The Morgan fingerprint density at radius 1 is 1.33 bits per heavy atom. The summed E-state index contributed by atoms with van der Waals surface area (Å²) in [4.78, 5) is 24.6. The monoisotopic (exact) mass is 422 g/mol. The molecule has 1 aliphatic heterocycles. The summed E-state index contributed by atoms with van der Waals surface area (Å²) in [5, 5.41) is 20.7. The van der Waals surface area contributed by atoms with Crippen molar-refractivity contribution in [3.05, 3.63) is 62.0 Å². The maximum absolute atomic E-state index is 12.7. The third-order valence-electron chi connectivity index (χ3n) is 3.68. The number of thioether (sulfide) groups is 1. The summed E-state index contributed by atoms with van der Waals surface area (Å²) in [5.74, 6) is -0.364. The number of halogens is 1. The number of methoxy groups -OCH3 is 1. The number of non-ortho nitro benzene ring substituents is 1. The molecule has 1 N–H and O–H groups in total. The summed E-state index contributed by atoms with van der Waals surface area (Å²) < 4.78 is 5.36. The van der Waals surface area contributed by atoms with E-state index in [-0.39, 0.29) is 28.1 Å². The zero-order valence-electron chi connectivity index (χ0n) is 13.7. The van der Waals surface area contributed by atoms with Crippen molar-refractivity contribution in [3.8, 4) is 11.5 Å². The number of hydrogen-bond donors (Lipinski definition) is 1. The van der Waals surface area contributed by atoms with Crippen LogP contribution in [0.4, 0.5) is 11.4 Å². The summed E-state index contributed by atoms with van der Waals surface area (Å²) in [6.45, 7) is 0. The van der Waals surface area contributed by atoms with Crippen LogP contribution in [0.5, 0.6) is 11.5 Å². The van der Waals surface area contributed by atoms with Gasteiger partial charge in [0.25, 0.3) is 11.6 Å². The number of amides is 1. The van der Waals surface area contributed by atoms with Gasteiger partial charge in [-0.25, -0.2) is 0 Å². The lowest BCUT2D eigenvalue weighted by Gasteiger charge is -2.14. The molecule has 0 bridgehead atoms. The van der Waals surface area contributed by atoms with Crippen molar-refractivity contribution >= 4 is 63.3 Å². The van der Waals surface area contributed by atoms with Gasteiger partial charge < -0.3 is 9.84 Å². The van der Waals surface area contributed by atoms with Crippen LogP contribution in [-0.2, 0) is 4.79 Å². The molecule has 3 rings (SSSR count). The number of phenolic OH excluding ortho intramolecular Hbond substituents is 1. The number of phenols is 1. The van der Waals surface area contributed by atoms with Gasteiger partial charge in [0.05, 0.1) is 27.6 Å². The predicted molar refractivity (Wildman–Crippen MR) is 108 cm³/mol. The van der Waals surface area contributed by atoms with Gasteiger partial charge >= 0.3 is 0 Å². The molecule has 0 aromatic heterocycles. The lowest BCUT2D eigenvalue weighted by molar-refractivity contribution is -0.384. The van der Waals surface area contributed by atoms with Crippen LogP contribution in [0.3, 0.4) is 0 Å². The Bertz CT molecular complexity index is 992. The summed E-state index contributed by atoms with van der Waals surface area (Å²) in [7, 11) is 1.39. The number of hydrogen-bond acceptors (Lipinski definition) is 7. The number of aromatic hydroxyl groups is 1. The van der Waals surface area contributed by atoms with E-state index in [1.54, 1.807) is 12.1 Å². The second-order valence-electron chi connectivity index (χ2n) is 5.34. The number of nitro benzene ring substituents is 1. The van der Waals surface area contributed by atoms with Crippen LogP contribution >= 0.6 is 35.6 Å². The normalized spacial score (nSPS) is 15.5. The fourth-order valence-electron chi connectivity index (χ4n) is 2.40. The van der Waals surface area contributed by atoms with Crippen molar-refractivity contribution in [2.45, 2.75) is 0 Å². The van der Waals surface area contributed by atoms with Crippen LogP contribution in [0.15, 0.2) is 41.3 Å². The molecular formula is C17H11ClN2O5S2. The summed E-state index contributed by atoms with van der Waals surface area (Å²) in [6, 6.07) is 8.58. The van der Waals surface area contributed by atoms with Crippen molar-refractivity contribution in [1.82, 2.24) is 0 Å². The van der Waals surface area contributed by atoms with Gasteiger partial charge in [0.1, 0.15) is 0 Å². The number of rotatable bonds is 4. The van der Waals surface area contributed by atoms with Gasteiger partial charge in [-0.1, -0.05) is 35.6 Å². The number of anilines is 1. The molecule has 10 heteroatoms. The summed E-state index contributed by atoms with van der Waals surface area (Å²) in [5.41, 5.74) is 0.914. The summed E-state index contributed by atoms with van der Waals surface area (Å²) >= 11 is 12.3. The topological polar surface area (TPSA) is 92.9 Å². The van der Waals surface area contributed by atoms with Gasteiger partial charge in [-0.15, -0.1) is 0 Å². The first-order chi connectivity index (χ1) is 12.8. The van der Waals surface area contributed by atoms with Gasteiger partial charge in [0.2, 0.25) is 0 Å². The molecule has 2 aromatic rings. The maximum Gasteiger partial charge on any atom is 0.270 e. The molecule has 1 amide bonds. The van der Waals surface area contributed by atoms with Crippen molar-refractivity contribution in [3.63, 3.8) is 0 Å². The number of nitrogens with zero attached hydrogens (tertiary/aromatic N) is 2. The van der Waals surface area contributed by atoms with Gasteiger partial charge in [0.15, 0.2) is 15.8 Å². The first-order valence-corrected chi connectivity index (χ1v) is 9.01. The third kappa shape index (κ3) is 3.75.